The molecule has 2 amide bonds. The van der Waals surface area contributed by atoms with E-state index >= 15 is 0 Å². The van der Waals surface area contributed by atoms with Crippen LogP contribution in [0.25, 0.3) is 0 Å². The molecule has 0 saturated carbocycles. The maximum absolute atomic E-state index is 13.2. The molecule has 0 radical (unpaired) electrons. The van der Waals surface area contributed by atoms with Crippen molar-refractivity contribution in [1.82, 2.24) is 19.8 Å². The number of aromatic nitrogens is 2. The number of hydrogen-bond donors (Lipinski definition) is 0. The van der Waals surface area contributed by atoms with Gasteiger partial charge >= 0.3 is 0 Å². The quantitative estimate of drug-likeness (QED) is 0.322. The highest BCUT2D eigenvalue weighted by Gasteiger charge is 2.41. The van der Waals surface area contributed by atoms with E-state index < -0.39 is 5.95 Å². The van der Waals surface area contributed by atoms with Gasteiger partial charge in [0.2, 0.25) is 23.7 Å². The molecule has 0 N–H and O–H groups in total. The molecule has 1 aliphatic carbocycles. The molecule has 4 rings (SSSR count). The van der Waals surface area contributed by atoms with Crippen LogP contribution in [-0.2, 0) is 9.59 Å². The molecule has 1 aromatic rings. The number of rotatable bonds is 6. The van der Waals surface area contributed by atoms with E-state index in [4.69, 9.17) is 0 Å². The highest BCUT2D eigenvalue weighted by molar-refractivity contribution is 6.02. The van der Waals surface area contributed by atoms with Crippen LogP contribution in [0.4, 0.5) is 10.3 Å². The number of nitrogens with zero attached hydrogens (tertiary/aromatic N) is 5. The van der Waals surface area contributed by atoms with Gasteiger partial charge in [-0.2, -0.15) is 9.37 Å². The van der Waals surface area contributed by atoms with Gasteiger partial charge in [-0.1, -0.05) is 12.2 Å². The second kappa shape index (κ2) is 7.72. The van der Waals surface area contributed by atoms with Crippen LogP contribution in [0, 0.1) is 17.8 Å². The fourth-order valence-electron chi connectivity index (χ4n) is 4.05. The highest BCUT2D eigenvalue weighted by atomic mass is 19.1. The Morgan fingerprint density at radius 2 is 1.67 bits per heavy atom. The molecule has 3 heterocycles. The summed E-state index contributed by atoms with van der Waals surface area (Å²) < 4.78 is 13.2. The van der Waals surface area contributed by atoms with Gasteiger partial charge in [-0.25, -0.2) is 4.98 Å². The number of carbonyl (C=O) groups excluding carboxylic acids is 2. The molecule has 0 spiro atoms. The average Bonchev–Trinajstić information content (AvgIpc) is 3.14. The Balaban J connectivity index is 1.18. The first kappa shape index (κ1) is 18.0. The topological polar surface area (TPSA) is 69.6 Å². The Labute approximate surface area is 157 Å². The van der Waals surface area contributed by atoms with E-state index in [0.717, 1.165) is 45.6 Å². The van der Waals surface area contributed by atoms with Gasteiger partial charge in [-0.05, 0) is 25.8 Å². The van der Waals surface area contributed by atoms with Crippen molar-refractivity contribution in [2.45, 2.75) is 19.3 Å². The van der Waals surface area contributed by atoms with E-state index in [9.17, 15) is 14.0 Å². The predicted octanol–water partition coefficient (Wildman–Crippen LogP) is 1.08. The molecule has 7 nitrogen and oxygen atoms in total. The number of carbonyl (C=O) groups is 2. The van der Waals surface area contributed by atoms with Crippen molar-refractivity contribution in [2.24, 2.45) is 11.8 Å². The van der Waals surface area contributed by atoms with Crippen LogP contribution in [0.15, 0.2) is 24.4 Å². The average molecular weight is 373 g/mol. The number of unbranched alkanes of at least 4 members (excludes halogenated alkanes) is 1. The molecule has 2 saturated heterocycles. The summed E-state index contributed by atoms with van der Waals surface area (Å²) in [5.74, 6) is -0.313. The van der Waals surface area contributed by atoms with E-state index in [1.807, 2.05) is 17.1 Å². The first-order valence-electron chi connectivity index (χ1n) is 9.61. The summed E-state index contributed by atoms with van der Waals surface area (Å²) in [4.78, 5) is 38.3. The van der Waals surface area contributed by atoms with Crippen LogP contribution in [0.3, 0.4) is 0 Å². The normalized spacial score (nSPS) is 25.5. The van der Waals surface area contributed by atoms with Crippen molar-refractivity contribution in [3.05, 3.63) is 30.4 Å². The molecular weight excluding hydrogens is 349 g/mol. The van der Waals surface area contributed by atoms with E-state index in [2.05, 4.69) is 14.9 Å². The Kier molecular flexibility index (Phi) is 5.15. The maximum Gasteiger partial charge on any atom is 0.236 e. The highest BCUT2D eigenvalue weighted by Crippen LogP contribution is 2.32. The zero-order valence-corrected chi connectivity index (χ0v) is 15.3. The molecule has 1 aromatic heterocycles. The van der Waals surface area contributed by atoms with Gasteiger partial charge in [0.25, 0.3) is 0 Å². The standard InChI is InChI=1S/C19H24FN5O2/c20-16-5-6-21-19(22-16)24-11-9-23(10-12-24)7-1-2-8-25-17(26)14-3-4-15(13-14)18(25)27/h3-6,14-15H,1-2,7-13H2. The predicted molar refractivity (Wildman–Crippen MR) is 97.3 cm³/mol. The molecule has 3 aliphatic rings. The molecule has 144 valence electrons. The van der Waals surface area contributed by atoms with Gasteiger partial charge in [-0.15, -0.1) is 0 Å². The second-order valence-corrected chi connectivity index (χ2v) is 7.38. The Bertz CT molecular complexity index is 723. The smallest absolute Gasteiger partial charge is 0.236 e. The SMILES string of the molecule is O=C1C2C=CC(C2)C(=O)N1CCCCN1CCN(c2nccc(F)n2)CC1. The Morgan fingerprint density at radius 3 is 2.33 bits per heavy atom. The number of amides is 2. The molecule has 8 heteroatoms. The third kappa shape index (κ3) is 3.85. The Morgan fingerprint density at radius 1 is 1.00 bits per heavy atom. The van der Waals surface area contributed by atoms with Gasteiger partial charge in [0, 0.05) is 45.0 Å². The minimum atomic E-state index is -0.507. The molecule has 27 heavy (non-hydrogen) atoms. The van der Waals surface area contributed by atoms with Crippen molar-refractivity contribution in [3.63, 3.8) is 0 Å². The molecule has 2 atom stereocenters. The maximum atomic E-state index is 13.2. The van der Waals surface area contributed by atoms with E-state index in [1.165, 1.54) is 17.2 Å². The lowest BCUT2D eigenvalue weighted by Gasteiger charge is -2.35. The molecule has 0 aromatic carbocycles. The van der Waals surface area contributed by atoms with Crippen LogP contribution in [-0.4, -0.2) is 70.9 Å². The minimum Gasteiger partial charge on any atom is -0.338 e. The number of hydrogen-bond acceptors (Lipinski definition) is 6. The number of anilines is 1. The summed E-state index contributed by atoms with van der Waals surface area (Å²) in [7, 11) is 0. The van der Waals surface area contributed by atoms with Crippen LogP contribution in [0.2, 0.25) is 0 Å². The molecule has 2 aliphatic heterocycles. The first-order chi connectivity index (χ1) is 13.1. The molecule has 2 fully saturated rings. The van der Waals surface area contributed by atoms with Crippen molar-refractivity contribution >= 4 is 17.8 Å². The molecular formula is C19H24FN5O2. The zero-order chi connectivity index (χ0) is 18.8. The van der Waals surface area contributed by atoms with Crippen molar-refractivity contribution in [3.8, 4) is 0 Å². The lowest BCUT2D eigenvalue weighted by molar-refractivity contribution is -0.152. The summed E-state index contributed by atoms with van der Waals surface area (Å²) in [5.41, 5.74) is 0. The minimum absolute atomic E-state index is 0.0336. The van der Waals surface area contributed by atoms with Crippen LogP contribution >= 0.6 is 0 Å². The zero-order valence-electron chi connectivity index (χ0n) is 15.3. The van der Waals surface area contributed by atoms with Gasteiger partial charge in [-0.3, -0.25) is 19.4 Å². The monoisotopic (exact) mass is 373 g/mol. The van der Waals surface area contributed by atoms with Crippen LogP contribution in [0.5, 0.6) is 0 Å². The van der Waals surface area contributed by atoms with Gasteiger partial charge in [0.05, 0.1) is 11.8 Å². The number of halogens is 1. The fourth-order valence-corrected chi connectivity index (χ4v) is 4.05. The van der Waals surface area contributed by atoms with E-state index in [0.29, 0.717) is 18.9 Å². The van der Waals surface area contributed by atoms with E-state index in [-0.39, 0.29) is 23.7 Å². The Hall–Kier alpha value is -2.35. The fraction of sp³-hybridized carbons (Fsp3) is 0.579. The summed E-state index contributed by atoms with van der Waals surface area (Å²) in [6.07, 6.45) is 7.63. The van der Waals surface area contributed by atoms with Crippen molar-refractivity contribution < 1.29 is 14.0 Å². The summed E-state index contributed by atoms with van der Waals surface area (Å²) in [6.45, 7) is 4.72. The lowest BCUT2D eigenvalue weighted by Crippen LogP contribution is -2.48. The van der Waals surface area contributed by atoms with Crippen molar-refractivity contribution in [2.75, 3.05) is 44.2 Å². The van der Waals surface area contributed by atoms with Crippen LogP contribution in [0.1, 0.15) is 19.3 Å². The summed E-state index contributed by atoms with van der Waals surface area (Å²) in [5, 5.41) is 0. The second-order valence-electron chi connectivity index (χ2n) is 7.38. The lowest BCUT2D eigenvalue weighted by atomic mass is 9.95. The number of piperazine rings is 1. The number of likely N-dealkylation sites (tertiary alicyclic amines) is 1. The van der Waals surface area contributed by atoms with Crippen LogP contribution < -0.4 is 4.90 Å². The first-order valence-corrected chi connectivity index (χ1v) is 9.61. The summed E-state index contributed by atoms with van der Waals surface area (Å²) in [6, 6.07) is 1.25. The molecule has 2 unspecified atom stereocenters. The number of piperidine rings is 1. The van der Waals surface area contributed by atoms with Gasteiger partial charge in [0.1, 0.15) is 0 Å². The summed E-state index contributed by atoms with van der Waals surface area (Å²) >= 11 is 0. The van der Waals surface area contributed by atoms with Gasteiger partial charge in [0.15, 0.2) is 0 Å². The third-order valence-corrected chi connectivity index (χ3v) is 5.62. The molecule has 2 bridgehead atoms. The number of imide groups is 1. The largest absolute Gasteiger partial charge is 0.338 e. The van der Waals surface area contributed by atoms with Gasteiger partial charge < -0.3 is 4.90 Å². The number of fused-ring (bicyclic) bond motifs is 2. The third-order valence-electron chi connectivity index (χ3n) is 5.62. The van der Waals surface area contributed by atoms with E-state index in [1.54, 1.807) is 0 Å². The van der Waals surface area contributed by atoms with Crippen molar-refractivity contribution in [1.29, 1.82) is 0 Å².